The summed E-state index contributed by atoms with van der Waals surface area (Å²) >= 11 is 6.62. The highest BCUT2D eigenvalue weighted by Gasteiger charge is 2.40. The SMILES string of the molecule is COc1cccc(COc2ccc3cc(/C=C4\SC(=S)N(C(Cc5c[nH]c6ccccc56)C(=O)O)C4=O)ccc3c2)c1. The number of nitrogens with zero attached hydrogens (tertiary/aromatic N) is 1. The van der Waals surface area contributed by atoms with Crippen LogP contribution in [0.3, 0.4) is 0 Å². The summed E-state index contributed by atoms with van der Waals surface area (Å²) in [6.45, 7) is 0.417. The number of aliphatic carboxylic acids is 1. The molecule has 1 unspecified atom stereocenters. The van der Waals surface area contributed by atoms with Crippen LogP contribution in [0.2, 0.25) is 0 Å². The normalized spacial score (nSPS) is 15.1. The van der Waals surface area contributed by atoms with Crippen molar-refractivity contribution in [3.05, 3.63) is 113 Å². The summed E-state index contributed by atoms with van der Waals surface area (Å²) in [5, 5.41) is 13.0. The maximum absolute atomic E-state index is 13.4. The van der Waals surface area contributed by atoms with E-state index in [1.165, 1.54) is 4.90 Å². The Hall–Kier alpha value is -4.60. The van der Waals surface area contributed by atoms with E-state index in [0.717, 1.165) is 61.6 Å². The van der Waals surface area contributed by atoms with Gasteiger partial charge in [0.1, 0.15) is 28.5 Å². The first-order valence-electron chi connectivity index (χ1n) is 13.2. The zero-order chi connectivity index (χ0) is 29.2. The molecule has 0 saturated carbocycles. The number of aromatic nitrogens is 1. The fourth-order valence-electron chi connectivity index (χ4n) is 5.05. The number of benzene rings is 4. The van der Waals surface area contributed by atoms with Gasteiger partial charge in [-0.2, -0.15) is 0 Å². The fraction of sp³-hybridized carbons (Fsp3) is 0.121. The molecule has 1 amide bonds. The van der Waals surface area contributed by atoms with Crippen LogP contribution in [-0.4, -0.2) is 44.3 Å². The zero-order valence-electron chi connectivity index (χ0n) is 22.6. The summed E-state index contributed by atoms with van der Waals surface area (Å²) < 4.78 is 11.5. The van der Waals surface area contributed by atoms with Gasteiger partial charge in [0.25, 0.3) is 5.91 Å². The molecule has 5 aromatic rings. The van der Waals surface area contributed by atoms with Gasteiger partial charge in [0, 0.05) is 23.5 Å². The molecule has 1 aromatic heterocycles. The second kappa shape index (κ2) is 11.7. The first kappa shape index (κ1) is 27.6. The molecule has 1 fully saturated rings. The summed E-state index contributed by atoms with van der Waals surface area (Å²) in [5.74, 6) is 0.0206. The van der Waals surface area contributed by atoms with E-state index in [0.29, 0.717) is 11.5 Å². The van der Waals surface area contributed by atoms with E-state index in [1.807, 2.05) is 84.9 Å². The van der Waals surface area contributed by atoms with Crippen molar-refractivity contribution < 1.29 is 24.2 Å². The number of carboxylic acids is 1. The van der Waals surface area contributed by atoms with Crippen LogP contribution in [0.5, 0.6) is 11.5 Å². The Labute approximate surface area is 251 Å². The van der Waals surface area contributed by atoms with Crippen molar-refractivity contribution in [3.63, 3.8) is 0 Å². The molecule has 42 heavy (non-hydrogen) atoms. The predicted molar refractivity (Wildman–Crippen MR) is 170 cm³/mol. The van der Waals surface area contributed by atoms with Crippen molar-refractivity contribution in [1.29, 1.82) is 0 Å². The molecule has 2 heterocycles. The molecule has 0 bridgehead atoms. The maximum atomic E-state index is 13.4. The van der Waals surface area contributed by atoms with Crippen molar-refractivity contribution in [3.8, 4) is 11.5 Å². The minimum Gasteiger partial charge on any atom is -0.497 e. The number of carboxylic acid groups (broad SMARTS) is 1. The highest BCUT2D eigenvalue weighted by molar-refractivity contribution is 8.26. The lowest BCUT2D eigenvalue weighted by atomic mass is 10.0. The highest BCUT2D eigenvalue weighted by atomic mass is 32.2. The Morgan fingerprint density at radius 1 is 1.02 bits per heavy atom. The van der Waals surface area contributed by atoms with Crippen molar-refractivity contribution >= 4 is 67.9 Å². The number of rotatable bonds is 9. The van der Waals surface area contributed by atoms with Gasteiger partial charge in [0.05, 0.1) is 12.0 Å². The van der Waals surface area contributed by atoms with Gasteiger partial charge in [-0.3, -0.25) is 9.69 Å². The van der Waals surface area contributed by atoms with E-state index in [9.17, 15) is 14.7 Å². The number of para-hydroxylation sites is 1. The van der Waals surface area contributed by atoms with Crippen molar-refractivity contribution in [2.45, 2.75) is 19.1 Å². The third-order valence-electron chi connectivity index (χ3n) is 7.18. The van der Waals surface area contributed by atoms with Gasteiger partial charge in [-0.25, -0.2) is 4.79 Å². The molecule has 210 valence electrons. The molecule has 1 atom stereocenters. The lowest BCUT2D eigenvalue weighted by Gasteiger charge is -2.23. The molecular formula is C33H26N2O5S2. The predicted octanol–water partition coefficient (Wildman–Crippen LogP) is 6.81. The first-order chi connectivity index (χ1) is 20.4. The standard InChI is InChI=1S/C33H26N2O5S2/c1-39-25-6-4-5-21(14-25)19-40-26-12-11-22-13-20(9-10-23(22)16-26)15-30-31(36)35(33(41)42-30)29(32(37)38)17-24-18-34-28-8-3-2-7-27(24)28/h2-16,18,29,34H,17,19H2,1H3,(H,37,38)/b30-15-. The zero-order valence-corrected chi connectivity index (χ0v) is 24.2. The van der Waals surface area contributed by atoms with Crippen molar-refractivity contribution in [2.75, 3.05) is 7.11 Å². The largest absolute Gasteiger partial charge is 0.497 e. The van der Waals surface area contributed by atoms with Gasteiger partial charge >= 0.3 is 5.97 Å². The number of fused-ring (bicyclic) bond motifs is 2. The number of H-pyrrole nitrogens is 1. The second-order valence-electron chi connectivity index (χ2n) is 9.88. The van der Waals surface area contributed by atoms with Crippen molar-refractivity contribution in [2.24, 2.45) is 0 Å². The molecule has 0 radical (unpaired) electrons. The average Bonchev–Trinajstić information content (AvgIpc) is 3.53. The Bertz CT molecular complexity index is 1880. The summed E-state index contributed by atoms with van der Waals surface area (Å²) in [4.78, 5) is 30.6. The minimum absolute atomic E-state index is 0.136. The number of thioether (sulfide) groups is 1. The van der Waals surface area contributed by atoms with E-state index < -0.39 is 17.9 Å². The highest BCUT2D eigenvalue weighted by Crippen LogP contribution is 2.36. The van der Waals surface area contributed by atoms with Gasteiger partial charge in [0.2, 0.25) is 0 Å². The Kier molecular flexibility index (Phi) is 7.69. The fourth-order valence-corrected chi connectivity index (χ4v) is 6.41. The molecule has 7 nitrogen and oxygen atoms in total. The molecule has 2 N–H and O–H groups in total. The molecule has 1 saturated heterocycles. The third-order valence-corrected chi connectivity index (χ3v) is 8.51. The number of carbonyl (C=O) groups excluding carboxylic acids is 1. The second-order valence-corrected chi connectivity index (χ2v) is 11.6. The quantitative estimate of drug-likeness (QED) is 0.143. The van der Waals surface area contributed by atoms with E-state index in [2.05, 4.69) is 4.98 Å². The first-order valence-corrected chi connectivity index (χ1v) is 14.5. The van der Waals surface area contributed by atoms with Crippen molar-refractivity contribution in [1.82, 2.24) is 9.88 Å². The molecule has 6 rings (SSSR count). The monoisotopic (exact) mass is 594 g/mol. The molecule has 4 aromatic carbocycles. The van der Waals surface area contributed by atoms with Crippen LogP contribution in [0.4, 0.5) is 0 Å². The van der Waals surface area contributed by atoms with E-state index in [-0.39, 0.29) is 10.7 Å². The van der Waals surface area contributed by atoms with Crippen LogP contribution in [0.25, 0.3) is 27.8 Å². The molecule has 0 aliphatic carbocycles. The summed E-state index contributed by atoms with van der Waals surface area (Å²) in [5.41, 5.74) is 3.55. The van der Waals surface area contributed by atoms with Gasteiger partial charge in [-0.15, -0.1) is 0 Å². The molecule has 1 aliphatic heterocycles. The van der Waals surface area contributed by atoms with Gasteiger partial charge in [-0.05, 0) is 69.9 Å². The number of carbonyl (C=O) groups is 2. The number of ether oxygens (including phenoxy) is 2. The topological polar surface area (TPSA) is 91.9 Å². The summed E-state index contributed by atoms with van der Waals surface area (Å²) in [7, 11) is 1.64. The maximum Gasteiger partial charge on any atom is 0.327 e. The molecule has 9 heteroatoms. The number of methoxy groups -OCH3 is 1. The molecule has 0 spiro atoms. The Balaban J connectivity index is 1.19. The minimum atomic E-state index is -1.12. The van der Waals surface area contributed by atoms with E-state index in [4.69, 9.17) is 21.7 Å². The average molecular weight is 595 g/mol. The van der Waals surface area contributed by atoms with Crippen LogP contribution >= 0.6 is 24.0 Å². The smallest absolute Gasteiger partial charge is 0.327 e. The van der Waals surface area contributed by atoms with E-state index >= 15 is 0 Å². The van der Waals surface area contributed by atoms with Crippen LogP contribution in [-0.2, 0) is 22.6 Å². The van der Waals surface area contributed by atoms with Gasteiger partial charge < -0.3 is 19.6 Å². The lowest BCUT2D eigenvalue weighted by molar-refractivity contribution is -0.145. The number of aromatic amines is 1. The molecular weight excluding hydrogens is 569 g/mol. The van der Waals surface area contributed by atoms with Gasteiger partial charge in [-0.1, -0.05) is 72.5 Å². The van der Waals surface area contributed by atoms with Crippen LogP contribution < -0.4 is 9.47 Å². The van der Waals surface area contributed by atoms with Crippen LogP contribution in [0.1, 0.15) is 16.7 Å². The Morgan fingerprint density at radius 3 is 2.67 bits per heavy atom. The van der Waals surface area contributed by atoms with Gasteiger partial charge in [0.15, 0.2) is 0 Å². The number of hydrogen-bond acceptors (Lipinski definition) is 6. The van der Waals surface area contributed by atoms with Crippen LogP contribution in [0, 0.1) is 0 Å². The number of nitrogens with one attached hydrogen (secondary N) is 1. The lowest BCUT2D eigenvalue weighted by Crippen LogP contribution is -2.45. The number of amides is 1. The summed E-state index contributed by atoms with van der Waals surface area (Å²) in [6, 6.07) is 26.0. The third kappa shape index (κ3) is 5.61. The number of thiocarbonyl (C=S) groups is 1. The van der Waals surface area contributed by atoms with E-state index in [1.54, 1.807) is 19.4 Å². The number of hydrogen-bond donors (Lipinski definition) is 2. The molecule has 1 aliphatic rings. The summed E-state index contributed by atoms with van der Waals surface area (Å²) in [6.07, 6.45) is 3.69. The van der Waals surface area contributed by atoms with Crippen LogP contribution in [0.15, 0.2) is 96.0 Å². The Morgan fingerprint density at radius 2 is 1.83 bits per heavy atom.